The molecule has 0 unspecified atom stereocenters. The molecule has 2 saturated heterocycles. The maximum atomic E-state index is 12.6. The van der Waals surface area contributed by atoms with E-state index in [-0.39, 0.29) is 24.3 Å². The Kier molecular flexibility index (Phi) is 8.43. The average molecular weight is 427 g/mol. The summed E-state index contributed by atoms with van der Waals surface area (Å²) in [5.74, 6) is 0. The summed E-state index contributed by atoms with van der Waals surface area (Å²) in [6, 6.07) is -0.0515. The molecule has 2 fully saturated rings. The average Bonchev–Trinajstić information content (AvgIpc) is 2.59. The van der Waals surface area contributed by atoms with Gasteiger partial charge in [-0.25, -0.2) is 9.59 Å². The Morgan fingerprint density at radius 1 is 0.800 bits per heavy atom. The zero-order valence-electron chi connectivity index (χ0n) is 19.8. The molecule has 2 aliphatic heterocycles. The molecular formula is C23H42N2O5. The highest BCUT2D eigenvalue weighted by Crippen LogP contribution is 2.28. The van der Waals surface area contributed by atoms with Crippen LogP contribution in [0.4, 0.5) is 9.59 Å². The van der Waals surface area contributed by atoms with Crippen LogP contribution in [0.3, 0.4) is 0 Å². The lowest BCUT2D eigenvalue weighted by Crippen LogP contribution is -2.49. The number of hydrogen-bond acceptors (Lipinski definition) is 5. The third-order valence-electron chi connectivity index (χ3n) is 5.60. The van der Waals surface area contributed by atoms with Crippen molar-refractivity contribution in [2.45, 2.75) is 122 Å². The van der Waals surface area contributed by atoms with Crippen molar-refractivity contribution in [2.75, 3.05) is 13.1 Å². The van der Waals surface area contributed by atoms with Gasteiger partial charge >= 0.3 is 12.2 Å². The van der Waals surface area contributed by atoms with Gasteiger partial charge in [0.2, 0.25) is 0 Å². The normalized spacial score (nSPS) is 23.5. The first-order chi connectivity index (χ1) is 13.9. The number of aliphatic hydroxyl groups is 1. The molecule has 2 atom stereocenters. The number of rotatable bonds is 4. The maximum Gasteiger partial charge on any atom is 0.410 e. The van der Waals surface area contributed by atoms with Crippen LogP contribution in [-0.4, -0.2) is 69.6 Å². The van der Waals surface area contributed by atoms with Crippen molar-refractivity contribution in [1.82, 2.24) is 9.80 Å². The minimum absolute atomic E-state index is 0.0258. The molecule has 0 bridgehead atoms. The molecule has 1 N–H and O–H groups in total. The highest BCUT2D eigenvalue weighted by Gasteiger charge is 2.35. The number of amides is 2. The summed E-state index contributed by atoms with van der Waals surface area (Å²) in [4.78, 5) is 28.8. The molecule has 0 aromatic carbocycles. The molecule has 2 rings (SSSR count). The van der Waals surface area contributed by atoms with Gasteiger partial charge in [-0.05, 0) is 92.9 Å². The Bertz CT molecular complexity index is 531. The number of ether oxygens (including phenoxy) is 2. The molecule has 7 heteroatoms. The van der Waals surface area contributed by atoms with Gasteiger partial charge in [-0.15, -0.1) is 0 Å². The van der Waals surface area contributed by atoms with Crippen LogP contribution < -0.4 is 0 Å². The van der Waals surface area contributed by atoms with E-state index in [4.69, 9.17) is 9.47 Å². The summed E-state index contributed by atoms with van der Waals surface area (Å²) >= 11 is 0. The minimum atomic E-state index is -0.578. The van der Waals surface area contributed by atoms with E-state index in [1.54, 1.807) is 9.80 Å². The molecule has 0 aromatic rings. The standard InChI is InChI=1S/C23H42N2O5/c1-22(2,3)29-20(27)24-13-9-7-11-17(24)15-19(26)16-18-12-8-10-14-25(18)21(28)30-23(4,5)6/h17-19,26H,7-16H2,1-6H3/t17-,18-/m1/s1. The van der Waals surface area contributed by atoms with E-state index in [0.29, 0.717) is 25.9 Å². The molecule has 0 spiro atoms. The predicted molar refractivity (Wildman–Crippen MR) is 116 cm³/mol. The van der Waals surface area contributed by atoms with Gasteiger partial charge in [0.15, 0.2) is 0 Å². The first kappa shape index (κ1) is 24.8. The minimum Gasteiger partial charge on any atom is -0.444 e. The van der Waals surface area contributed by atoms with Crippen LogP contribution in [0.5, 0.6) is 0 Å². The summed E-state index contributed by atoms with van der Waals surface area (Å²) < 4.78 is 11.1. The SMILES string of the molecule is CC(C)(C)OC(=O)N1CCCC[C@@H]1CC(O)C[C@H]1CCCCN1C(=O)OC(C)(C)C. The van der Waals surface area contributed by atoms with Crippen molar-refractivity contribution in [1.29, 1.82) is 0 Å². The van der Waals surface area contributed by atoms with Crippen molar-refractivity contribution in [2.24, 2.45) is 0 Å². The Morgan fingerprint density at radius 2 is 1.17 bits per heavy atom. The van der Waals surface area contributed by atoms with Crippen LogP contribution >= 0.6 is 0 Å². The van der Waals surface area contributed by atoms with Gasteiger partial charge in [0, 0.05) is 25.2 Å². The number of likely N-dealkylation sites (tertiary alicyclic amines) is 2. The van der Waals surface area contributed by atoms with Crippen LogP contribution in [0.15, 0.2) is 0 Å². The van der Waals surface area contributed by atoms with Gasteiger partial charge in [0.25, 0.3) is 0 Å². The van der Waals surface area contributed by atoms with Gasteiger partial charge in [0.1, 0.15) is 11.2 Å². The third kappa shape index (κ3) is 7.97. The van der Waals surface area contributed by atoms with Gasteiger partial charge in [-0.1, -0.05) is 0 Å². The van der Waals surface area contributed by atoms with Crippen LogP contribution in [0.2, 0.25) is 0 Å². The molecule has 30 heavy (non-hydrogen) atoms. The fourth-order valence-corrected chi connectivity index (χ4v) is 4.34. The summed E-state index contributed by atoms with van der Waals surface area (Å²) in [5, 5.41) is 10.9. The zero-order valence-corrected chi connectivity index (χ0v) is 19.8. The largest absolute Gasteiger partial charge is 0.444 e. The fourth-order valence-electron chi connectivity index (χ4n) is 4.34. The molecule has 0 aliphatic carbocycles. The molecule has 0 saturated carbocycles. The third-order valence-corrected chi connectivity index (χ3v) is 5.60. The van der Waals surface area contributed by atoms with Crippen LogP contribution in [-0.2, 0) is 9.47 Å². The molecular weight excluding hydrogens is 384 g/mol. The molecule has 2 amide bonds. The monoisotopic (exact) mass is 426 g/mol. The Labute approximate surface area is 182 Å². The van der Waals surface area contributed by atoms with Crippen LogP contribution in [0.25, 0.3) is 0 Å². The van der Waals surface area contributed by atoms with Gasteiger partial charge in [0.05, 0.1) is 6.10 Å². The maximum absolute atomic E-state index is 12.6. The van der Waals surface area contributed by atoms with E-state index in [9.17, 15) is 14.7 Å². The first-order valence-corrected chi connectivity index (χ1v) is 11.5. The lowest BCUT2D eigenvalue weighted by Gasteiger charge is -2.40. The van der Waals surface area contributed by atoms with Gasteiger partial charge in [-0.3, -0.25) is 0 Å². The van der Waals surface area contributed by atoms with Gasteiger partial charge < -0.3 is 24.4 Å². The second-order valence-electron chi connectivity index (χ2n) is 10.8. The summed E-state index contributed by atoms with van der Waals surface area (Å²) in [6.07, 6.45) is 5.60. The second-order valence-corrected chi connectivity index (χ2v) is 10.8. The summed E-state index contributed by atoms with van der Waals surface area (Å²) in [5.41, 5.74) is -1.07. The van der Waals surface area contributed by atoms with Crippen molar-refractivity contribution >= 4 is 12.2 Å². The molecule has 0 aromatic heterocycles. The number of carbonyl (C=O) groups is 2. The fraction of sp³-hybridized carbons (Fsp3) is 0.913. The van der Waals surface area contributed by atoms with E-state index in [2.05, 4.69) is 0 Å². The van der Waals surface area contributed by atoms with E-state index < -0.39 is 17.3 Å². The number of hydrogen-bond donors (Lipinski definition) is 1. The summed E-state index contributed by atoms with van der Waals surface area (Å²) in [7, 11) is 0. The Balaban J connectivity index is 1.96. The number of aliphatic hydroxyl groups excluding tert-OH is 1. The number of carbonyl (C=O) groups excluding carboxylic acids is 2. The zero-order chi connectivity index (χ0) is 22.5. The number of piperidine rings is 2. The molecule has 0 radical (unpaired) electrons. The smallest absolute Gasteiger partial charge is 0.410 e. The molecule has 2 aliphatic rings. The van der Waals surface area contributed by atoms with Gasteiger partial charge in [-0.2, -0.15) is 0 Å². The predicted octanol–water partition coefficient (Wildman–Crippen LogP) is 4.71. The first-order valence-electron chi connectivity index (χ1n) is 11.5. The second kappa shape index (κ2) is 10.2. The topological polar surface area (TPSA) is 79.3 Å². The van der Waals surface area contributed by atoms with E-state index in [0.717, 1.165) is 38.5 Å². The highest BCUT2D eigenvalue weighted by atomic mass is 16.6. The van der Waals surface area contributed by atoms with E-state index >= 15 is 0 Å². The highest BCUT2D eigenvalue weighted by molar-refractivity contribution is 5.69. The lowest BCUT2D eigenvalue weighted by molar-refractivity contribution is -0.00722. The van der Waals surface area contributed by atoms with E-state index in [1.165, 1.54) is 0 Å². The van der Waals surface area contributed by atoms with E-state index in [1.807, 2.05) is 41.5 Å². The van der Waals surface area contributed by atoms with Crippen molar-refractivity contribution in [3.8, 4) is 0 Å². The van der Waals surface area contributed by atoms with Crippen LogP contribution in [0.1, 0.15) is 92.9 Å². The lowest BCUT2D eigenvalue weighted by atomic mass is 9.91. The van der Waals surface area contributed by atoms with Crippen molar-refractivity contribution in [3.05, 3.63) is 0 Å². The van der Waals surface area contributed by atoms with Crippen molar-refractivity contribution < 1.29 is 24.2 Å². The quantitative estimate of drug-likeness (QED) is 0.704. The number of nitrogens with zero attached hydrogens (tertiary/aromatic N) is 2. The summed E-state index contributed by atoms with van der Waals surface area (Å²) in [6.45, 7) is 12.5. The Morgan fingerprint density at radius 3 is 1.50 bits per heavy atom. The molecule has 7 nitrogen and oxygen atoms in total. The van der Waals surface area contributed by atoms with Crippen molar-refractivity contribution in [3.63, 3.8) is 0 Å². The molecule has 2 heterocycles. The Hall–Kier alpha value is -1.50. The van der Waals surface area contributed by atoms with Crippen LogP contribution in [0, 0.1) is 0 Å². The molecule has 174 valence electrons.